The molecule has 1 aromatic heterocycles. The second kappa shape index (κ2) is 4.47. The lowest BCUT2D eigenvalue weighted by atomic mass is 10.3. The van der Waals surface area contributed by atoms with Gasteiger partial charge in [0.2, 0.25) is 15.9 Å². The monoisotopic (exact) mass is 269 g/mol. The van der Waals surface area contributed by atoms with E-state index in [1.165, 1.54) is 0 Å². The summed E-state index contributed by atoms with van der Waals surface area (Å²) in [5.74, 6) is 0.452. The van der Waals surface area contributed by atoms with Gasteiger partial charge < -0.3 is 4.74 Å². The van der Waals surface area contributed by atoms with E-state index in [1.807, 2.05) is 0 Å². The summed E-state index contributed by atoms with van der Waals surface area (Å²) in [5.41, 5.74) is 0. The molecule has 1 aliphatic heterocycles. The van der Waals surface area contributed by atoms with Crippen LogP contribution in [0.1, 0.15) is 19.3 Å². The van der Waals surface area contributed by atoms with E-state index in [1.54, 1.807) is 22.6 Å². The van der Waals surface area contributed by atoms with E-state index in [2.05, 4.69) is 10.2 Å². The molecule has 7 heteroatoms. The summed E-state index contributed by atoms with van der Waals surface area (Å²) in [6.07, 6.45) is 3.77. The molecule has 0 amide bonds. The molecule has 0 aromatic carbocycles. The number of hydrogen-bond donors (Lipinski definition) is 0. The van der Waals surface area contributed by atoms with E-state index >= 15 is 0 Å². The fraction of sp³-hybridized carbons (Fsp3) is 0.636. The summed E-state index contributed by atoms with van der Waals surface area (Å²) in [7, 11) is -3.07. The zero-order valence-corrected chi connectivity index (χ0v) is 10.7. The van der Waals surface area contributed by atoms with Crippen molar-refractivity contribution in [1.82, 2.24) is 14.5 Å². The van der Waals surface area contributed by atoms with Crippen LogP contribution in [0.25, 0.3) is 0 Å². The molecule has 0 radical (unpaired) electrons. The van der Waals surface area contributed by atoms with Crippen LogP contribution in [0.15, 0.2) is 18.3 Å². The van der Waals surface area contributed by atoms with Gasteiger partial charge in [0, 0.05) is 18.8 Å². The van der Waals surface area contributed by atoms with Crippen molar-refractivity contribution in [2.24, 2.45) is 0 Å². The Hall–Kier alpha value is -1.21. The Kier molecular flexibility index (Phi) is 2.95. The summed E-state index contributed by atoms with van der Waals surface area (Å²) in [4.78, 5) is 0. The second-order valence-electron chi connectivity index (χ2n) is 4.69. The minimum absolute atomic E-state index is 0.116. The fourth-order valence-corrected chi connectivity index (χ4v) is 4.01. The van der Waals surface area contributed by atoms with Crippen LogP contribution in [0.4, 0.5) is 0 Å². The molecular formula is C11H15N3O3S. The smallest absolute Gasteiger partial charge is 0.233 e. The second-order valence-corrected chi connectivity index (χ2v) is 6.91. The van der Waals surface area contributed by atoms with E-state index in [0.29, 0.717) is 25.4 Å². The van der Waals surface area contributed by atoms with Crippen molar-refractivity contribution in [3.63, 3.8) is 0 Å². The zero-order chi connectivity index (χ0) is 12.6. The van der Waals surface area contributed by atoms with Gasteiger partial charge >= 0.3 is 0 Å². The first kappa shape index (κ1) is 11.9. The minimum Gasteiger partial charge on any atom is -0.472 e. The van der Waals surface area contributed by atoms with Gasteiger partial charge in [0.1, 0.15) is 6.10 Å². The Labute approximate surface area is 106 Å². The maximum Gasteiger partial charge on any atom is 0.233 e. The van der Waals surface area contributed by atoms with Gasteiger partial charge in [-0.2, -0.15) is 9.40 Å². The lowest BCUT2D eigenvalue weighted by molar-refractivity contribution is 0.204. The molecule has 2 heterocycles. The Morgan fingerprint density at radius 3 is 2.83 bits per heavy atom. The Balaban J connectivity index is 1.62. The first-order chi connectivity index (χ1) is 8.66. The SMILES string of the molecule is O=S(=O)(C1CC1)N1CC[C@@H](Oc2cccnn2)C1. The highest BCUT2D eigenvalue weighted by atomic mass is 32.2. The molecular weight excluding hydrogens is 254 g/mol. The molecule has 0 unspecified atom stereocenters. The summed E-state index contributed by atoms with van der Waals surface area (Å²) in [5, 5.41) is 7.42. The Morgan fingerprint density at radius 1 is 1.33 bits per heavy atom. The highest BCUT2D eigenvalue weighted by molar-refractivity contribution is 7.90. The van der Waals surface area contributed by atoms with Crippen LogP contribution in [-0.4, -0.2) is 47.4 Å². The van der Waals surface area contributed by atoms with Crippen molar-refractivity contribution in [3.05, 3.63) is 18.3 Å². The molecule has 1 saturated carbocycles. The van der Waals surface area contributed by atoms with Crippen molar-refractivity contribution in [2.75, 3.05) is 13.1 Å². The average molecular weight is 269 g/mol. The third-order valence-corrected chi connectivity index (χ3v) is 5.61. The molecule has 1 atom stereocenters. The van der Waals surface area contributed by atoms with Gasteiger partial charge in [-0.25, -0.2) is 8.42 Å². The van der Waals surface area contributed by atoms with Crippen LogP contribution in [0.2, 0.25) is 0 Å². The molecule has 1 saturated heterocycles. The number of rotatable bonds is 4. The molecule has 0 N–H and O–H groups in total. The standard InChI is InChI=1S/C11H15N3O3S/c15-18(16,10-3-4-10)14-7-5-9(8-14)17-11-2-1-6-12-13-11/h1-2,6,9-10H,3-5,7-8H2/t9-/m1/s1. The molecule has 0 spiro atoms. The summed E-state index contributed by atoms with van der Waals surface area (Å²) in [6.45, 7) is 0.971. The molecule has 0 bridgehead atoms. The highest BCUT2D eigenvalue weighted by Gasteiger charge is 2.43. The van der Waals surface area contributed by atoms with Crippen LogP contribution in [0.5, 0.6) is 5.88 Å². The van der Waals surface area contributed by atoms with Gasteiger partial charge in [-0.15, -0.1) is 5.10 Å². The lowest BCUT2D eigenvalue weighted by Crippen LogP contribution is -2.33. The summed E-state index contributed by atoms with van der Waals surface area (Å²) < 4.78 is 31.2. The molecule has 18 heavy (non-hydrogen) atoms. The first-order valence-corrected chi connectivity index (χ1v) is 7.60. The maximum absolute atomic E-state index is 12.0. The Morgan fingerprint density at radius 2 is 2.17 bits per heavy atom. The maximum atomic E-state index is 12.0. The molecule has 1 aromatic rings. The average Bonchev–Trinajstić information content (AvgIpc) is 3.12. The quantitative estimate of drug-likeness (QED) is 0.792. The third-order valence-electron chi connectivity index (χ3n) is 3.25. The van der Waals surface area contributed by atoms with E-state index in [4.69, 9.17) is 4.74 Å². The van der Waals surface area contributed by atoms with Crippen molar-refractivity contribution in [3.8, 4) is 5.88 Å². The number of hydrogen-bond acceptors (Lipinski definition) is 5. The van der Waals surface area contributed by atoms with Crippen molar-refractivity contribution in [2.45, 2.75) is 30.6 Å². The largest absolute Gasteiger partial charge is 0.472 e. The lowest BCUT2D eigenvalue weighted by Gasteiger charge is -2.16. The first-order valence-electron chi connectivity index (χ1n) is 6.09. The molecule has 3 rings (SSSR count). The van der Waals surface area contributed by atoms with Gasteiger partial charge in [-0.1, -0.05) is 0 Å². The van der Waals surface area contributed by atoms with Crippen molar-refractivity contribution in [1.29, 1.82) is 0 Å². The van der Waals surface area contributed by atoms with Crippen molar-refractivity contribution >= 4 is 10.0 Å². The van der Waals surface area contributed by atoms with Crippen molar-refractivity contribution < 1.29 is 13.2 Å². The van der Waals surface area contributed by atoms with Crippen LogP contribution in [0, 0.1) is 0 Å². The number of aromatic nitrogens is 2. The predicted molar refractivity (Wildman–Crippen MR) is 64.6 cm³/mol. The summed E-state index contributed by atoms with van der Waals surface area (Å²) in [6, 6.07) is 3.47. The van der Waals surface area contributed by atoms with Gasteiger partial charge in [0.15, 0.2) is 0 Å². The minimum atomic E-state index is -3.07. The van der Waals surface area contributed by atoms with Gasteiger partial charge in [0.05, 0.1) is 11.8 Å². The summed E-state index contributed by atoms with van der Waals surface area (Å²) >= 11 is 0. The van der Waals surface area contributed by atoms with Crippen LogP contribution in [-0.2, 0) is 10.0 Å². The van der Waals surface area contributed by atoms with Gasteiger partial charge in [0.25, 0.3) is 0 Å². The van der Waals surface area contributed by atoms with Gasteiger partial charge in [-0.3, -0.25) is 0 Å². The predicted octanol–water partition coefficient (Wildman–Crippen LogP) is 0.422. The molecule has 98 valence electrons. The molecule has 2 aliphatic rings. The van der Waals surface area contributed by atoms with E-state index < -0.39 is 10.0 Å². The fourth-order valence-electron chi connectivity index (χ4n) is 2.12. The van der Waals surface area contributed by atoms with E-state index in [-0.39, 0.29) is 11.4 Å². The third kappa shape index (κ3) is 2.32. The molecule has 2 fully saturated rings. The van der Waals surface area contributed by atoms with E-state index in [9.17, 15) is 8.42 Å². The molecule has 1 aliphatic carbocycles. The van der Waals surface area contributed by atoms with Gasteiger partial charge in [-0.05, 0) is 25.3 Å². The van der Waals surface area contributed by atoms with Crippen LogP contribution in [0.3, 0.4) is 0 Å². The zero-order valence-electron chi connectivity index (χ0n) is 9.90. The highest BCUT2D eigenvalue weighted by Crippen LogP contribution is 2.33. The topological polar surface area (TPSA) is 72.4 Å². The van der Waals surface area contributed by atoms with E-state index in [0.717, 1.165) is 12.8 Å². The normalized spacial score (nSPS) is 25.2. The number of ether oxygens (including phenoxy) is 1. The number of nitrogens with zero attached hydrogens (tertiary/aromatic N) is 3. The van der Waals surface area contributed by atoms with Crippen LogP contribution < -0.4 is 4.74 Å². The van der Waals surface area contributed by atoms with Crippen LogP contribution >= 0.6 is 0 Å². The number of sulfonamides is 1. The Bertz CT molecular complexity index is 516. The molecule has 6 nitrogen and oxygen atoms in total.